The summed E-state index contributed by atoms with van der Waals surface area (Å²) in [6.07, 6.45) is 36.1. The first-order chi connectivity index (χ1) is 19.1. The summed E-state index contributed by atoms with van der Waals surface area (Å²) in [7, 11) is 0. The van der Waals surface area contributed by atoms with Crippen molar-refractivity contribution in [2.45, 2.75) is 175 Å². The van der Waals surface area contributed by atoms with E-state index in [0.717, 1.165) is 36.5 Å². The molecular formula is C36H65NO2. The minimum Gasteiger partial charge on any atom is -0.275 e. The fraction of sp³-hybridized carbons (Fsp3) is 0.889. The number of hydrogen-bond donors (Lipinski definition) is 0. The highest BCUT2D eigenvalue weighted by Crippen LogP contribution is 2.47. The Balaban J connectivity index is 1.77. The number of carbonyl (C=O) groups is 2. The van der Waals surface area contributed by atoms with Gasteiger partial charge in [-0.15, -0.1) is 0 Å². The van der Waals surface area contributed by atoms with Crippen LogP contribution in [0.5, 0.6) is 0 Å². The lowest BCUT2D eigenvalue weighted by Crippen LogP contribution is -2.35. The van der Waals surface area contributed by atoms with E-state index in [1.807, 2.05) is 0 Å². The van der Waals surface area contributed by atoms with E-state index in [2.05, 4.69) is 20.8 Å². The molecule has 0 N–H and O–H groups in total. The van der Waals surface area contributed by atoms with Crippen LogP contribution in [0, 0.1) is 23.7 Å². The van der Waals surface area contributed by atoms with Crippen molar-refractivity contribution < 1.29 is 9.59 Å². The zero-order valence-electron chi connectivity index (χ0n) is 26.4. The predicted octanol–water partition coefficient (Wildman–Crippen LogP) is 10.8. The van der Waals surface area contributed by atoms with Crippen molar-refractivity contribution in [3.05, 3.63) is 12.2 Å². The third-order valence-corrected chi connectivity index (χ3v) is 9.99. The topological polar surface area (TPSA) is 37.4 Å². The number of imide groups is 1. The average molecular weight is 544 g/mol. The Labute approximate surface area is 243 Å². The first-order valence-electron chi connectivity index (χ1n) is 17.7. The summed E-state index contributed by atoms with van der Waals surface area (Å²) in [5, 5.41) is 0. The second-order valence-corrected chi connectivity index (χ2v) is 13.0. The minimum atomic E-state index is -0.136. The number of carbonyl (C=O) groups excluding carboxylic acids is 2. The molecule has 0 aromatic rings. The van der Waals surface area contributed by atoms with Crippen LogP contribution in [-0.2, 0) is 9.59 Å². The van der Waals surface area contributed by atoms with Gasteiger partial charge < -0.3 is 0 Å². The Hall–Kier alpha value is -1.12. The van der Waals surface area contributed by atoms with Gasteiger partial charge in [-0.05, 0) is 55.8 Å². The lowest BCUT2D eigenvalue weighted by Gasteiger charge is -2.44. The average Bonchev–Trinajstić information content (AvgIpc) is 3.26. The van der Waals surface area contributed by atoms with E-state index in [1.165, 1.54) is 158 Å². The van der Waals surface area contributed by atoms with Crippen LogP contribution in [0.4, 0.5) is 0 Å². The molecule has 3 nitrogen and oxygen atoms in total. The molecule has 1 saturated carbocycles. The molecule has 0 radical (unpaired) electrons. The van der Waals surface area contributed by atoms with E-state index >= 15 is 0 Å². The molecule has 39 heavy (non-hydrogen) atoms. The predicted molar refractivity (Wildman–Crippen MR) is 168 cm³/mol. The van der Waals surface area contributed by atoms with E-state index in [-0.39, 0.29) is 11.8 Å². The third kappa shape index (κ3) is 13.4. The third-order valence-electron chi connectivity index (χ3n) is 9.99. The molecule has 0 spiro atoms. The highest BCUT2D eigenvalue weighted by atomic mass is 16.2. The van der Waals surface area contributed by atoms with E-state index < -0.39 is 0 Å². The summed E-state index contributed by atoms with van der Waals surface area (Å²) in [5.74, 6) is 3.67. The summed E-state index contributed by atoms with van der Waals surface area (Å²) in [6, 6.07) is 0. The molecule has 1 aliphatic carbocycles. The van der Waals surface area contributed by atoms with Gasteiger partial charge in [-0.25, -0.2) is 0 Å². The van der Waals surface area contributed by atoms with Gasteiger partial charge in [0.25, 0.3) is 11.8 Å². The monoisotopic (exact) mass is 544 g/mol. The quantitative estimate of drug-likeness (QED) is 0.0896. The van der Waals surface area contributed by atoms with Crippen molar-refractivity contribution >= 4 is 11.8 Å². The van der Waals surface area contributed by atoms with Gasteiger partial charge in [0.05, 0.1) is 0 Å². The molecule has 4 unspecified atom stereocenters. The zero-order valence-corrected chi connectivity index (χ0v) is 26.4. The molecule has 1 aliphatic heterocycles. The maximum absolute atomic E-state index is 11.7. The number of hydrogen-bond acceptors (Lipinski definition) is 2. The van der Waals surface area contributed by atoms with Crippen LogP contribution in [0.2, 0.25) is 0 Å². The lowest BCUT2D eigenvalue weighted by molar-refractivity contribution is -0.136. The van der Waals surface area contributed by atoms with Crippen LogP contribution < -0.4 is 0 Å². The SMILES string of the molecule is CCCCCCCCC1C(CCCCCC)CCC(CCCCCCCCN2C(=O)C=CC2=O)C1CCCC. The van der Waals surface area contributed by atoms with Gasteiger partial charge in [0.1, 0.15) is 0 Å². The van der Waals surface area contributed by atoms with Crippen molar-refractivity contribution in [3.8, 4) is 0 Å². The number of amides is 2. The Bertz CT molecular complexity index is 653. The summed E-state index contributed by atoms with van der Waals surface area (Å²) >= 11 is 0. The molecule has 0 bridgehead atoms. The molecule has 0 saturated heterocycles. The molecule has 1 fully saturated rings. The first kappa shape index (κ1) is 34.1. The zero-order chi connectivity index (χ0) is 28.1. The summed E-state index contributed by atoms with van der Waals surface area (Å²) in [6.45, 7) is 7.63. The number of nitrogens with zero attached hydrogens (tertiary/aromatic N) is 1. The van der Waals surface area contributed by atoms with Crippen LogP contribution >= 0.6 is 0 Å². The Morgan fingerprint density at radius 1 is 0.513 bits per heavy atom. The van der Waals surface area contributed by atoms with E-state index in [9.17, 15) is 9.59 Å². The van der Waals surface area contributed by atoms with E-state index in [4.69, 9.17) is 0 Å². The van der Waals surface area contributed by atoms with E-state index in [0.29, 0.717) is 6.54 Å². The van der Waals surface area contributed by atoms with Gasteiger partial charge >= 0.3 is 0 Å². The molecule has 4 atom stereocenters. The fourth-order valence-electron chi connectivity index (χ4n) is 7.64. The summed E-state index contributed by atoms with van der Waals surface area (Å²) < 4.78 is 0. The minimum absolute atomic E-state index is 0.136. The Morgan fingerprint density at radius 2 is 0.897 bits per heavy atom. The second kappa shape index (κ2) is 21.6. The standard InChI is InChI=1S/C36H65NO2/c1-4-7-10-12-16-20-25-34-32(22-18-11-8-5-2)27-26-31(33(34)24-9-6-3)23-19-15-13-14-17-21-30-37-35(38)28-29-36(37)39/h28-29,31-34H,4-27,30H2,1-3H3. The van der Waals surface area contributed by atoms with Crippen LogP contribution in [0.3, 0.4) is 0 Å². The highest BCUT2D eigenvalue weighted by molar-refractivity contribution is 6.12. The molecule has 2 rings (SSSR count). The van der Waals surface area contributed by atoms with Gasteiger partial charge in [-0.1, -0.05) is 143 Å². The lowest BCUT2D eigenvalue weighted by atomic mass is 9.61. The molecule has 0 aromatic carbocycles. The molecule has 226 valence electrons. The second-order valence-electron chi connectivity index (χ2n) is 13.0. The van der Waals surface area contributed by atoms with Crippen LogP contribution in [0.25, 0.3) is 0 Å². The smallest absolute Gasteiger partial charge is 0.253 e. The van der Waals surface area contributed by atoms with E-state index in [1.54, 1.807) is 0 Å². The number of rotatable bonds is 24. The highest BCUT2D eigenvalue weighted by Gasteiger charge is 2.37. The van der Waals surface area contributed by atoms with Crippen molar-refractivity contribution in [1.82, 2.24) is 4.90 Å². The van der Waals surface area contributed by atoms with Gasteiger partial charge in [-0.3, -0.25) is 14.5 Å². The van der Waals surface area contributed by atoms with Crippen molar-refractivity contribution in [2.24, 2.45) is 23.7 Å². The maximum Gasteiger partial charge on any atom is 0.253 e. The first-order valence-corrected chi connectivity index (χ1v) is 17.7. The Morgan fingerprint density at radius 3 is 1.41 bits per heavy atom. The molecular weight excluding hydrogens is 478 g/mol. The van der Waals surface area contributed by atoms with Gasteiger partial charge in [0, 0.05) is 18.7 Å². The molecule has 2 amide bonds. The number of unbranched alkanes of at least 4 members (excludes halogenated alkanes) is 14. The molecule has 1 heterocycles. The van der Waals surface area contributed by atoms with Gasteiger partial charge in [-0.2, -0.15) is 0 Å². The molecule has 0 aromatic heterocycles. The van der Waals surface area contributed by atoms with Crippen LogP contribution in [0.1, 0.15) is 175 Å². The Kier molecular flexibility index (Phi) is 18.9. The molecule has 2 aliphatic rings. The molecule has 3 heteroatoms. The summed E-state index contributed by atoms with van der Waals surface area (Å²) in [4.78, 5) is 24.8. The maximum atomic E-state index is 11.7. The normalized spacial score (nSPS) is 23.3. The van der Waals surface area contributed by atoms with Crippen molar-refractivity contribution in [3.63, 3.8) is 0 Å². The van der Waals surface area contributed by atoms with Crippen LogP contribution in [0.15, 0.2) is 12.2 Å². The van der Waals surface area contributed by atoms with Crippen molar-refractivity contribution in [2.75, 3.05) is 6.54 Å². The summed E-state index contributed by atoms with van der Waals surface area (Å²) in [5.41, 5.74) is 0. The van der Waals surface area contributed by atoms with Gasteiger partial charge in [0.15, 0.2) is 0 Å². The van der Waals surface area contributed by atoms with Crippen LogP contribution in [-0.4, -0.2) is 23.3 Å². The van der Waals surface area contributed by atoms with Crippen molar-refractivity contribution in [1.29, 1.82) is 0 Å². The largest absolute Gasteiger partial charge is 0.275 e. The fourth-order valence-corrected chi connectivity index (χ4v) is 7.64. The van der Waals surface area contributed by atoms with Gasteiger partial charge in [0.2, 0.25) is 0 Å².